The Hall–Kier alpha value is -1.84. The molecule has 0 saturated heterocycles. The van der Waals surface area contributed by atoms with Crippen molar-refractivity contribution in [3.8, 4) is 5.75 Å². The van der Waals surface area contributed by atoms with Gasteiger partial charge in [0, 0.05) is 12.6 Å². The molecule has 0 aliphatic heterocycles. The minimum Gasteiger partial charge on any atom is -0.508 e. The van der Waals surface area contributed by atoms with Gasteiger partial charge in [-0.2, -0.15) is 0 Å². The maximum atomic E-state index is 10.2. The third kappa shape index (κ3) is 3.81. The maximum absolute atomic E-state index is 10.2. The van der Waals surface area contributed by atoms with Crippen molar-refractivity contribution in [1.29, 1.82) is 0 Å². The fourth-order valence-corrected chi connectivity index (χ4v) is 1.95. The Morgan fingerprint density at radius 3 is 2.26 bits per heavy atom. The molecule has 0 spiro atoms. The van der Waals surface area contributed by atoms with Crippen LogP contribution in [0.25, 0.3) is 0 Å². The lowest BCUT2D eigenvalue weighted by atomic mass is 10.0. The highest BCUT2D eigenvalue weighted by Crippen LogP contribution is 2.19. The molecule has 2 aromatic carbocycles. The number of rotatable bonds is 5. The predicted molar refractivity (Wildman–Crippen MR) is 75.8 cm³/mol. The number of nitrogens with one attached hydrogen (secondary N) is 1. The van der Waals surface area contributed by atoms with Crippen molar-refractivity contribution < 1.29 is 10.2 Å². The average molecular weight is 257 g/mol. The fourth-order valence-electron chi connectivity index (χ4n) is 1.95. The summed E-state index contributed by atoms with van der Waals surface area (Å²) in [5.74, 6) is 0.209. The monoisotopic (exact) mass is 257 g/mol. The first-order valence-electron chi connectivity index (χ1n) is 6.41. The van der Waals surface area contributed by atoms with Crippen LogP contribution < -0.4 is 5.32 Å². The second-order valence-corrected chi connectivity index (χ2v) is 4.69. The third-order valence-corrected chi connectivity index (χ3v) is 3.18. The summed E-state index contributed by atoms with van der Waals surface area (Å²) < 4.78 is 0. The van der Waals surface area contributed by atoms with Crippen molar-refractivity contribution in [2.75, 3.05) is 0 Å². The minimum atomic E-state index is -0.593. The lowest BCUT2D eigenvalue weighted by Crippen LogP contribution is -2.31. The molecule has 3 N–H and O–H groups in total. The molecule has 0 aromatic heterocycles. The molecule has 0 amide bonds. The van der Waals surface area contributed by atoms with Gasteiger partial charge >= 0.3 is 0 Å². The second kappa shape index (κ2) is 6.36. The Bertz CT molecular complexity index is 496. The quantitative estimate of drug-likeness (QED) is 0.771. The summed E-state index contributed by atoms with van der Waals surface area (Å²) in [4.78, 5) is 0. The highest BCUT2D eigenvalue weighted by Gasteiger charge is 2.15. The van der Waals surface area contributed by atoms with Crippen LogP contribution in [0.3, 0.4) is 0 Å². The first kappa shape index (κ1) is 13.6. The Morgan fingerprint density at radius 1 is 1.00 bits per heavy atom. The molecule has 0 heterocycles. The first-order chi connectivity index (χ1) is 9.16. The van der Waals surface area contributed by atoms with Crippen molar-refractivity contribution in [3.05, 3.63) is 65.7 Å². The third-order valence-electron chi connectivity index (χ3n) is 3.18. The Kier molecular flexibility index (Phi) is 4.55. The van der Waals surface area contributed by atoms with E-state index < -0.39 is 6.10 Å². The van der Waals surface area contributed by atoms with Gasteiger partial charge in [-0.3, -0.25) is 0 Å². The number of phenols is 1. The Morgan fingerprint density at radius 2 is 1.63 bits per heavy atom. The lowest BCUT2D eigenvalue weighted by molar-refractivity contribution is 0.135. The predicted octanol–water partition coefficient (Wildman–Crippen LogP) is 2.60. The van der Waals surface area contributed by atoms with E-state index in [1.54, 1.807) is 24.3 Å². The van der Waals surface area contributed by atoms with Gasteiger partial charge in [-0.1, -0.05) is 42.5 Å². The lowest BCUT2D eigenvalue weighted by Gasteiger charge is -2.20. The van der Waals surface area contributed by atoms with Crippen LogP contribution in [0, 0.1) is 0 Å². The number of aromatic hydroxyl groups is 1. The van der Waals surface area contributed by atoms with E-state index in [4.69, 9.17) is 0 Å². The van der Waals surface area contributed by atoms with Crippen molar-refractivity contribution in [1.82, 2.24) is 5.32 Å². The normalized spacial score (nSPS) is 14.0. The number of phenolic OH excluding ortho intramolecular Hbond substituents is 1. The molecule has 2 aromatic rings. The van der Waals surface area contributed by atoms with Crippen molar-refractivity contribution in [2.24, 2.45) is 0 Å². The highest BCUT2D eigenvalue weighted by atomic mass is 16.3. The molecule has 0 fully saturated rings. The number of benzene rings is 2. The van der Waals surface area contributed by atoms with Gasteiger partial charge in [-0.15, -0.1) is 0 Å². The molecule has 3 nitrogen and oxygen atoms in total. The Balaban J connectivity index is 1.92. The van der Waals surface area contributed by atoms with E-state index in [9.17, 15) is 10.2 Å². The number of aliphatic hydroxyl groups is 1. The standard InChI is InChI=1S/C16H19NO2/c1-12(17-11-13-5-3-2-4-6-13)16(19)14-7-9-15(18)10-8-14/h2-10,12,16-19H,11H2,1H3/t12?,16-/m0/s1. The molecule has 100 valence electrons. The van der Waals surface area contributed by atoms with Gasteiger partial charge in [0.1, 0.15) is 5.75 Å². The molecule has 19 heavy (non-hydrogen) atoms. The van der Waals surface area contributed by atoms with Gasteiger partial charge in [-0.05, 0) is 30.2 Å². The summed E-state index contributed by atoms with van der Waals surface area (Å²) in [6, 6.07) is 16.7. The molecule has 0 bridgehead atoms. The second-order valence-electron chi connectivity index (χ2n) is 4.69. The molecule has 0 saturated carbocycles. The maximum Gasteiger partial charge on any atom is 0.115 e. The molecule has 0 aliphatic rings. The van der Waals surface area contributed by atoms with Gasteiger partial charge < -0.3 is 15.5 Å². The first-order valence-corrected chi connectivity index (χ1v) is 6.41. The average Bonchev–Trinajstić information content (AvgIpc) is 2.46. The molecule has 1 unspecified atom stereocenters. The molecule has 0 aliphatic carbocycles. The van der Waals surface area contributed by atoms with Gasteiger partial charge in [0.15, 0.2) is 0 Å². The van der Waals surface area contributed by atoms with Crippen molar-refractivity contribution in [3.63, 3.8) is 0 Å². The van der Waals surface area contributed by atoms with Gasteiger partial charge in [-0.25, -0.2) is 0 Å². The number of aliphatic hydroxyl groups excluding tert-OH is 1. The zero-order valence-electron chi connectivity index (χ0n) is 11.0. The van der Waals surface area contributed by atoms with E-state index in [1.807, 2.05) is 37.3 Å². The van der Waals surface area contributed by atoms with Crippen molar-refractivity contribution >= 4 is 0 Å². The molecular formula is C16H19NO2. The summed E-state index contributed by atoms with van der Waals surface area (Å²) in [6.07, 6.45) is -0.593. The summed E-state index contributed by atoms with van der Waals surface area (Å²) in [5, 5.41) is 22.7. The van der Waals surface area contributed by atoms with Crippen LogP contribution in [0.5, 0.6) is 5.75 Å². The largest absolute Gasteiger partial charge is 0.508 e. The van der Waals surface area contributed by atoms with Crippen molar-refractivity contribution in [2.45, 2.75) is 25.6 Å². The molecule has 0 radical (unpaired) electrons. The molecule has 3 heteroatoms. The van der Waals surface area contributed by atoms with E-state index in [0.29, 0.717) is 0 Å². The fraction of sp³-hybridized carbons (Fsp3) is 0.250. The molecule has 2 atom stereocenters. The van der Waals surface area contributed by atoms with E-state index in [0.717, 1.165) is 12.1 Å². The van der Waals surface area contributed by atoms with Gasteiger partial charge in [0.05, 0.1) is 6.10 Å². The van der Waals surface area contributed by atoms with Crippen LogP contribution in [0.15, 0.2) is 54.6 Å². The van der Waals surface area contributed by atoms with E-state index in [1.165, 1.54) is 5.56 Å². The summed E-state index contributed by atoms with van der Waals surface area (Å²) in [5.41, 5.74) is 1.98. The van der Waals surface area contributed by atoms with Crippen LogP contribution in [0.4, 0.5) is 0 Å². The van der Waals surface area contributed by atoms with Crippen LogP contribution in [0.2, 0.25) is 0 Å². The smallest absolute Gasteiger partial charge is 0.115 e. The summed E-state index contributed by atoms with van der Waals surface area (Å²) >= 11 is 0. The molecular weight excluding hydrogens is 238 g/mol. The number of hydrogen-bond acceptors (Lipinski definition) is 3. The van der Waals surface area contributed by atoms with Crippen LogP contribution in [0.1, 0.15) is 24.2 Å². The molecule has 2 rings (SSSR count). The zero-order valence-corrected chi connectivity index (χ0v) is 11.0. The summed E-state index contributed by atoms with van der Waals surface area (Å²) in [6.45, 7) is 2.66. The summed E-state index contributed by atoms with van der Waals surface area (Å²) in [7, 11) is 0. The highest BCUT2D eigenvalue weighted by molar-refractivity contribution is 5.28. The van der Waals surface area contributed by atoms with E-state index in [-0.39, 0.29) is 11.8 Å². The van der Waals surface area contributed by atoms with E-state index in [2.05, 4.69) is 5.32 Å². The van der Waals surface area contributed by atoms with Crippen LogP contribution in [-0.4, -0.2) is 16.3 Å². The van der Waals surface area contributed by atoms with Crippen LogP contribution in [-0.2, 0) is 6.54 Å². The zero-order chi connectivity index (χ0) is 13.7. The number of hydrogen-bond donors (Lipinski definition) is 3. The minimum absolute atomic E-state index is 0.0650. The Labute approximate surface area is 113 Å². The van der Waals surface area contributed by atoms with Gasteiger partial charge in [0.2, 0.25) is 0 Å². The SMILES string of the molecule is CC(NCc1ccccc1)[C@H](O)c1ccc(O)cc1. The van der Waals surface area contributed by atoms with Gasteiger partial charge in [0.25, 0.3) is 0 Å². The van der Waals surface area contributed by atoms with Crippen LogP contribution >= 0.6 is 0 Å². The topological polar surface area (TPSA) is 52.5 Å². The van der Waals surface area contributed by atoms with E-state index >= 15 is 0 Å².